The van der Waals surface area contributed by atoms with Gasteiger partial charge in [-0.05, 0) is 18.3 Å². The van der Waals surface area contributed by atoms with Crippen molar-refractivity contribution < 1.29 is 9.59 Å². The van der Waals surface area contributed by atoms with Crippen LogP contribution in [0.3, 0.4) is 0 Å². The third-order valence-electron chi connectivity index (χ3n) is 5.54. The number of aromatic nitrogens is 1. The average Bonchev–Trinajstić information content (AvgIpc) is 2.94. The topological polar surface area (TPSA) is 53.5 Å². The zero-order valence-electron chi connectivity index (χ0n) is 13.0. The molecule has 2 aliphatic heterocycles. The monoisotopic (exact) mass is 319 g/mol. The minimum Gasteiger partial charge on any atom is -0.341 e. The molecule has 118 valence electrons. The molecule has 1 aliphatic carbocycles. The van der Waals surface area contributed by atoms with Crippen LogP contribution >= 0.6 is 11.3 Å². The molecule has 22 heavy (non-hydrogen) atoms. The molecule has 2 amide bonds. The fraction of sp³-hybridized carbons (Fsp3) is 0.688. The number of rotatable bonds is 2. The molecule has 3 heterocycles. The van der Waals surface area contributed by atoms with Gasteiger partial charge in [0, 0.05) is 37.5 Å². The number of hydrogen-bond acceptors (Lipinski definition) is 4. The van der Waals surface area contributed by atoms with Crippen molar-refractivity contribution >= 4 is 23.2 Å². The maximum atomic E-state index is 12.4. The first-order valence-corrected chi connectivity index (χ1v) is 8.75. The van der Waals surface area contributed by atoms with Crippen LogP contribution in [0.5, 0.6) is 0 Å². The van der Waals surface area contributed by atoms with Crippen molar-refractivity contribution in [3.63, 3.8) is 0 Å². The Morgan fingerprint density at radius 1 is 1.27 bits per heavy atom. The molecule has 4 rings (SSSR count). The van der Waals surface area contributed by atoms with Crippen LogP contribution in [0.25, 0.3) is 0 Å². The molecule has 5 nitrogen and oxygen atoms in total. The summed E-state index contributed by atoms with van der Waals surface area (Å²) >= 11 is 1.39. The minimum atomic E-state index is 0.0903. The third-order valence-corrected chi connectivity index (χ3v) is 6.31. The zero-order valence-corrected chi connectivity index (χ0v) is 13.9. The molecule has 1 aromatic rings. The predicted molar refractivity (Wildman–Crippen MR) is 83.5 cm³/mol. The fourth-order valence-electron chi connectivity index (χ4n) is 3.87. The van der Waals surface area contributed by atoms with E-state index in [9.17, 15) is 9.59 Å². The molecule has 1 spiro atoms. The van der Waals surface area contributed by atoms with E-state index in [1.54, 1.807) is 11.7 Å². The van der Waals surface area contributed by atoms with Crippen LogP contribution in [0.2, 0.25) is 0 Å². The number of thiazole rings is 1. The van der Waals surface area contributed by atoms with Crippen LogP contribution < -0.4 is 0 Å². The van der Waals surface area contributed by atoms with E-state index in [2.05, 4.69) is 18.8 Å². The summed E-state index contributed by atoms with van der Waals surface area (Å²) in [7, 11) is 0. The summed E-state index contributed by atoms with van der Waals surface area (Å²) in [6, 6.07) is 0. The number of amides is 2. The molecule has 0 N–H and O–H groups in total. The van der Waals surface area contributed by atoms with Gasteiger partial charge in [-0.25, -0.2) is 0 Å². The van der Waals surface area contributed by atoms with E-state index in [1.807, 2.05) is 9.80 Å². The lowest BCUT2D eigenvalue weighted by molar-refractivity contribution is -0.144. The van der Waals surface area contributed by atoms with Crippen molar-refractivity contribution in [2.24, 2.45) is 16.7 Å². The van der Waals surface area contributed by atoms with Gasteiger partial charge in [0.25, 0.3) is 5.91 Å². The lowest BCUT2D eigenvalue weighted by Crippen LogP contribution is -2.60. The summed E-state index contributed by atoms with van der Waals surface area (Å²) in [5.74, 6) is 0.636. The molecule has 3 aliphatic rings. The molecular formula is C16H21N3O2S. The Hall–Kier alpha value is -1.43. The Kier molecular flexibility index (Phi) is 2.92. The fourth-order valence-corrected chi connectivity index (χ4v) is 4.46. The number of hydrogen-bond donors (Lipinski definition) is 0. The number of nitrogens with zero attached hydrogens (tertiary/aromatic N) is 3. The molecule has 6 heteroatoms. The van der Waals surface area contributed by atoms with Crippen molar-refractivity contribution in [1.29, 1.82) is 0 Å². The second-order valence-electron chi connectivity index (χ2n) is 7.78. The van der Waals surface area contributed by atoms with Crippen LogP contribution in [0.4, 0.5) is 0 Å². The standard InChI is InChI=1S/C16H21N3O2S/c1-15(2)5-11(15)13(20)19-8-16(9-19)3-4-18(7-16)14(21)12-6-17-10-22-12/h6,10-11H,3-5,7-9H2,1-2H3/t11-/m1/s1. The first-order chi connectivity index (χ1) is 10.4. The normalized spacial score (nSPS) is 27.8. The van der Waals surface area contributed by atoms with E-state index in [0.29, 0.717) is 10.8 Å². The quantitative estimate of drug-likeness (QED) is 0.836. The van der Waals surface area contributed by atoms with Crippen LogP contribution in [-0.4, -0.2) is 52.8 Å². The van der Waals surface area contributed by atoms with Gasteiger partial charge < -0.3 is 9.80 Å². The van der Waals surface area contributed by atoms with Gasteiger partial charge in [-0.15, -0.1) is 11.3 Å². The summed E-state index contributed by atoms with van der Waals surface area (Å²) in [6.45, 7) is 7.55. The van der Waals surface area contributed by atoms with Crippen molar-refractivity contribution in [3.05, 3.63) is 16.6 Å². The molecule has 2 saturated heterocycles. The van der Waals surface area contributed by atoms with E-state index in [1.165, 1.54) is 11.3 Å². The molecule has 0 unspecified atom stereocenters. The van der Waals surface area contributed by atoms with Crippen LogP contribution in [0.15, 0.2) is 11.7 Å². The van der Waals surface area contributed by atoms with Crippen LogP contribution in [0, 0.1) is 16.7 Å². The molecule has 0 bridgehead atoms. The third kappa shape index (κ3) is 2.16. The minimum absolute atomic E-state index is 0.0903. The number of likely N-dealkylation sites (tertiary alicyclic amines) is 2. The first kappa shape index (κ1) is 14.2. The van der Waals surface area contributed by atoms with Gasteiger partial charge in [-0.3, -0.25) is 14.6 Å². The van der Waals surface area contributed by atoms with Crippen molar-refractivity contribution in [3.8, 4) is 0 Å². The lowest BCUT2D eigenvalue weighted by atomic mass is 9.78. The Morgan fingerprint density at radius 2 is 1.95 bits per heavy atom. The Bertz CT molecular complexity index is 619. The van der Waals surface area contributed by atoms with Crippen LogP contribution in [0.1, 0.15) is 36.4 Å². The first-order valence-electron chi connectivity index (χ1n) is 7.87. The molecule has 0 aromatic carbocycles. The molecule has 1 saturated carbocycles. The summed E-state index contributed by atoms with van der Waals surface area (Å²) in [5.41, 5.74) is 2.04. The highest BCUT2D eigenvalue weighted by atomic mass is 32.1. The van der Waals surface area contributed by atoms with Gasteiger partial charge in [0.2, 0.25) is 5.91 Å². The van der Waals surface area contributed by atoms with Gasteiger partial charge >= 0.3 is 0 Å². The second kappa shape index (κ2) is 4.54. The van der Waals surface area contributed by atoms with E-state index in [4.69, 9.17) is 0 Å². The van der Waals surface area contributed by atoms with Gasteiger partial charge in [0.1, 0.15) is 4.88 Å². The highest BCUT2D eigenvalue weighted by molar-refractivity contribution is 7.11. The van der Waals surface area contributed by atoms with E-state index >= 15 is 0 Å². The molecule has 0 radical (unpaired) electrons. The zero-order chi connectivity index (χ0) is 15.5. The Labute approximate surface area is 134 Å². The van der Waals surface area contributed by atoms with E-state index < -0.39 is 0 Å². The highest BCUT2D eigenvalue weighted by Gasteiger charge is 2.57. The summed E-state index contributed by atoms with van der Waals surface area (Å²) < 4.78 is 0. The molecule has 1 aromatic heterocycles. The maximum Gasteiger partial charge on any atom is 0.265 e. The lowest BCUT2D eigenvalue weighted by Gasteiger charge is -2.48. The largest absolute Gasteiger partial charge is 0.341 e. The van der Waals surface area contributed by atoms with Gasteiger partial charge in [-0.2, -0.15) is 0 Å². The van der Waals surface area contributed by atoms with E-state index in [0.717, 1.165) is 39.0 Å². The highest BCUT2D eigenvalue weighted by Crippen LogP contribution is 2.54. The maximum absolute atomic E-state index is 12.4. The van der Waals surface area contributed by atoms with Crippen molar-refractivity contribution in [1.82, 2.24) is 14.8 Å². The number of carbonyl (C=O) groups is 2. The predicted octanol–water partition coefficient (Wildman–Crippen LogP) is 1.86. The van der Waals surface area contributed by atoms with Crippen molar-refractivity contribution in [2.45, 2.75) is 26.7 Å². The Balaban J connectivity index is 1.35. The summed E-state index contributed by atoms with van der Waals surface area (Å²) in [5, 5.41) is 0. The molecular weight excluding hydrogens is 298 g/mol. The Morgan fingerprint density at radius 3 is 2.55 bits per heavy atom. The second-order valence-corrected chi connectivity index (χ2v) is 8.67. The smallest absolute Gasteiger partial charge is 0.265 e. The summed E-state index contributed by atoms with van der Waals surface area (Å²) in [6.07, 6.45) is 3.67. The van der Waals surface area contributed by atoms with E-state index in [-0.39, 0.29) is 22.7 Å². The van der Waals surface area contributed by atoms with Crippen molar-refractivity contribution in [2.75, 3.05) is 26.2 Å². The summed E-state index contributed by atoms with van der Waals surface area (Å²) in [4.78, 5) is 33.4. The number of carbonyl (C=O) groups excluding carboxylic acids is 2. The van der Waals surface area contributed by atoms with Gasteiger partial charge in [0.05, 0.1) is 11.7 Å². The van der Waals surface area contributed by atoms with Gasteiger partial charge in [-0.1, -0.05) is 13.8 Å². The van der Waals surface area contributed by atoms with Crippen LogP contribution in [-0.2, 0) is 4.79 Å². The molecule has 3 fully saturated rings. The SMILES string of the molecule is CC1(C)C[C@@H]1C(=O)N1CC2(CCN(C(=O)c3cncs3)C2)C1. The van der Waals surface area contributed by atoms with Gasteiger partial charge in [0.15, 0.2) is 0 Å². The average molecular weight is 319 g/mol. The molecule has 1 atom stereocenters.